The quantitative estimate of drug-likeness (QED) is 0.782. The first-order valence-corrected chi connectivity index (χ1v) is 6.45. The van der Waals surface area contributed by atoms with Gasteiger partial charge in [-0.25, -0.2) is 9.97 Å². The van der Waals surface area contributed by atoms with E-state index in [0.717, 1.165) is 0 Å². The normalized spacial score (nSPS) is 11.8. The van der Waals surface area contributed by atoms with Crippen molar-refractivity contribution in [3.8, 4) is 11.8 Å². The summed E-state index contributed by atoms with van der Waals surface area (Å²) in [4.78, 5) is 21.7. The van der Waals surface area contributed by atoms with Gasteiger partial charge in [-0.1, -0.05) is 0 Å². The van der Waals surface area contributed by atoms with E-state index in [1.165, 1.54) is 20.5 Å². The van der Waals surface area contributed by atoms with Crippen molar-refractivity contribution in [2.75, 3.05) is 27.8 Å². The highest BCUT2D eigenvalue weighted by molar-refractivity contribution is 5.81. The predicted octanol–water partition coefficient (Wildman–Crippen LogP) is 0.450. The largest absolute Gasteiger partial charge is 0.481 e. The molecule has 0 spiro atoms. The van der Waals surface area contributed by atoms with Gasteiger partial charge in [0.15, 0.2) is 0 Å². The van der Waals surface area contributed by atoms with E-state index in [9.17, 15) is 4.79 Å². The molecule has 0 aromatic carbocycles. The summed E-state index contributed by atoms with van der Waals surface area (Å²) >= 11 is 0. The molecule has 0 aliphatic carbocycles. The van der Waals surface area contributed by atoms with Crippen LogP contribution in [0.4, 0.5) is 0 Å². The molecule has 20 heavy (non-hydrogen) atoms. The van der Waals surface area contributed by atoms with E-state index in [2.05, 4.69) is 15.3 Å². The first-order valence-electron chi connectivity index (χ1n) is 6.45. The summed E-state index contributed by atoms with van der Waals surface area (Å²) in [6.45, 7) is 4.81. The van der Waals surface area contributed by atoms with E-state index in [1.54, 1.807) is 11.9 Å². The number of aromatic nitrogens is 2. The zero-order valence-corrected chi connectivity index (χ0v) is 12.6. The molecule has 0 saturated heterocycles. The lowest BCUT2D eigenvalue weighted by Gasteiger charge is -2.21. The van der Waals surface area contributed by atoms with Gasteiger partial charge in [0.2, 0.25) is 17.7 Å². The van der Waals surface area contributed by atoms with E-state index in [0.29, 0.717) is 30.4 Å². The van der Waals surface area contributed by atoms with Crippen LogP contribution in [0, 0.1) is 0 Å². The highest BCUT2D eigenvalue weighted by Crippen LogP contribution is 2.23. The van der Waals surface area contributed by atoms with Gasteiger partial charge in [-0.15, -0.1) is 0 Å². The topological polar surface area (TPSA) is 76.6 Å². The molecule has 1 atom stereocenters. The Labute approximate surface area is 119 Å². The van der Waals surface area contributed by atoms with Crippen LogP contribution in [0.15, 0.2) is 6.33 Å². The van der Waals surface area contributed by atoms with Gasteiger partial charge in [0.25, 0.3) is 0 Å². The van der Waals surface area contributed by atoms with Crippen molar-refractivity contribution in [1.29, 1.82) is 0 Å². The number of nitrogens with one attached hydrogen (secondary N) is 1. The van der Waals surface area contributed by atoms with Gasteiger partial charge in [-0.2, -0.15) is 0 Å². The Hall–Kier alpha value is -1.89. The minimum absolute atomic E-state index is 0.0299. The summed E-state index contributed by atoms with van der Waals surface area (Å²) in [5.74, 6) is 0.906. The summed E-state index contributed by atoms with van der Waals surface area (Å²) in [7, 11) is 4.84. The van der Waals surface area contributed by atoms with Crippen molar-refractivity contribution < 1.29 is 14.3 Å². The number of hydrogen-bond acceptors (Lipinski definition) is 6. The number of ether oxygens (including phenoxy) is 2. The second-order valence-electron chi connectivity index (χ2n) is 4.33. The van der Waals surface area contributed by atoms with Crippen molar-refractivity contribution in [2.45, 2.75) is 26.4 Å². The molecule has 7 heteroatoms. The second-order valence-corrected chi connectivity index (χ2v) is 4.33. The van der Waals surface area contributed by atoms with E-state index < -0.39 is 0 Å². The number of amides is 1. The molecule has 1 heterocycles. The smallest absolute Gasteiger partial charge is 0.239 e. The summed E-state index contributed by atoms with van der Waals surface area (Å²) in [5, 5.41) is 3.13. The fourth-order valence-electron chi connectivity index (χ4n) is 1.71. The van der Waals surface area contributed by atoms with Crippen LogP contribution in [0.2, 0.25) is 0 Å². The Balaban J connectivity index is 2.77. The maximum Gasteiger partial charge on any atom is 0.239 e. The van der Waals surface area contributed by atoms with Gasteiger partial charge in [0.1, 0.15) is 6.33 Å². The number of carbonyl (C=O) groups is 1. The Kier molecular flexibility index (Phi) is 6.17. The van der Waals surface area contributed by atoms with E-state index in [4.69, 9.17) is 9.47 Å². The number of hydrogen-bond donors (Lipinski definition) is 1. The number of carbonyl (C=O) groups excluding carboxylic acids is 1. The number of likely N-dealkylation sites (N-methyl/N-ethyl adjacent to an activating group) is 1. The fraction of sp³-hybridized carbons (Fsp3) is 0.615. The molecular formula is C13H22N4O3. The molecule has 1 aromatic heterocycles. The number of nitrogens with zero attached hydrogens (tertiary/aromatic N) is 3. The van der Waals surface area contributed by atoms with Crippen molar-refractivity contribution in [1.82, 2.24) is 20.2 Å². The van der Waals surface area contributed by atoms with Crippen LogP contribution >= 0.6 is 0 Å². The van der Waals surface area contributed by atoms with Crippen LogP contribution < -0.4 is 14.8 Å². The second kappa shape index (κ2) is 7.64. The zero-order chi connectivity index (χ0) is 15.1. The molecule has 0 aliphatic heterocycles. The molecule has 7 nitrogen and oxygen atoms in total. The average molecular weight is 282 g/mol. The molecule has 0 saturated carbocycles. The van der Waals surface area contributed by atoms with Crippen LogP contribution in [-0.2, 0) is 11.3 Å². The van der Waals surface area contributed by atoms with Crippen molar-refractivity contribution in [3.05, 3.63) is 11.9 Å². The molecule has 1 unspecified atom stereocenters. The molecular weight excluding hydrogens is 260 g/mol. The van der Waals surface area contributed by atoms with Gasteiger partial charge >= 0.3 is 0 Å². The molecule has 0 fully saturated rings. The van der Waals surface area contributed by atoms with Crippen LogP contribution in [0.3, 0.4) is 0 Å². The van der Waals surface area contributed by atoms with Crippen LogP contribution in [-0.4, -0.2) is 54.6 Å². The van der Waals surface area contributed by atoms with Crippen LogP contribution in [0.25, 0.3) is 0 Å². The van der Waals surface area contributed by atoms with Gasteiger partial charge in [-0.3, -0.25) is 4.79 Å². The van der Waals surface area contributed by atoms with Crippen molar-refractivity contribution in [2.24, 2.45) is 0 Å². The van der Waals surface area contributed by atoms with Gasteiger partial charge in [0.05, 0.1) is 25.8 Å². The average Bonchev–Trinajstić information content (AvgIpc) is 2.50. The third-order valence-electron chi connectivity index (χ3n) is 3.06. The molecule has 1 N–H and O–H groups in total. The third-order valence-corrected chi connectivity index (χ3v) is 3.06. The highest BCUT2D eigenvalue weighted by Gasteiger charge is 2.18. The number of rotatable bonds is 7. The number of methoxy groups -OCH3 is 2. The van der Waals surface area contributed by atoms with Crippen molar-refractivity contribution >= 4 is 5.91 Å². The van der Waals surface area contributed by atoms with E-state index in [1.807, 2.05) is 13.8 Å². The minimum atomic E-state index is -0.311. The summed E-state index contributed by atoms with van der Waals surface area (Å²) < 4.78 is 10.4. The first-order chi connectivity index (χ1) is 9.54. The van der Waals surface area contributed by atoms with E-state index in [-0.39, 0.29) is 11.9 Å². The molecule has 0 radical (unpaired) electrons. The predicted molar refractivity (Wildman–Crippen MR) is 74.7 cm³/mol. The summed E-state index contributed by atoms with van der Waals surface area (Å²) in [6, 6.07) is -0.311. The zero-order valence-electron chi connectivity index (χ0n) is 12.6. The van der Waals surface area contributed by atoms with Gasteiger partial charge in [0, 0.05) is 20.1 Å². The maximum absolute atomic E-state index is 12.0. The van der Waals surface area contributed by atoms with Crippen molar-refractivity contribution in [3.63, 3.8) is 0 Å². The highest BCUT2D eigenvalue weighted by atomic mass is 16.5. The van der Waals surface area contributed by atoms with E-state index >= 15 is 0 Å². The molecule has 1 rings (SSSR count). The molecule has 112 valence electrons. The Bertz CT molecular complexity index is 431. The molecule has 1 aromatic rings. The summed E-state index contributed by atoms with van der Waals surface area (Å²) in [5.41, 5.74) is 0.691. The molecule has 0 bridgehead atoms. The Morgan fingerprint density at radius 2 is 1.90 bits per heavy atom. The van der Waals surface area contributed by atoms with Gasteiger partial charge < -0.3 is 19.7 Å². The van der Waals surface area contributed by atoms with Crippen LogP contribution in [0.1, 0.15) is 19.4 Å². The third kappa shape index (κ3) is 3.80. The standard InChI is InChI=1S/C13H22N4O3/c1-6-17(3)13(18)9(2)14-7-10-11(19-4)15-8-16-12(10)20-5/h8-9,14H,6-7H2,1-5H3. The van der Waals surface area contributed by atoms with Crippen LogP contribution in [0.5, 0.6) is 11.8 Å². The summed E-state index contributed by atoms with van der Waals surface area (Å²) in [6.07, 6.45) is 1.38. The fourth-order valence-corrected chi connectivity index (χ4v) is 1.71. The Morgan fingerprint density at radius 1 is 1.35 bits per heavy atom. The SMILES string of the molecule is CCN(C)C(=O)C(C)NCc1c(OC)ncnc1OC. The molecule has 1 amide bonds. The first kappa shape index (κ1) is 16.2. The minimum Gasteiger partial charge on any atom is -0.481 e. The lowest BCUT2D eigenvalue weighted by molar-refractivity contribution is -0.131. The van der Waals surface area contributed by atoms with Gasteiger partial charge in [-0.05, 0) is 13.8 Å². The Morgan fingerprint density at radius 3 is 2.35 bits per heavy atom. The molecule has 0 aliphatic rings. The lowest BCUT2D eigenvalue weighted by Crippen LogP contribution is -2.42. The maximum atomic E-state index is 12.0. The monoisotopic (exact) mass is 282 g/mol. The lowest BCUT2D eigenvalue weighted by atomic mass is 10.2.